The van der Waals surface area contributed by atoms with E-state index in [4.69, 9.17) is 5.84 Å². The highest BCUT2D eigenvalue weighted by molar-refractivity contribution is 7.27. The van der Waals surface area contributed by atoms with Crippen LogP contribution in [-0.2, 0) is 0 Å². The maximum atomic E-state index is 11.2. The molecule has 0 aromatic carbocycles. The molecule has 0 aliphatic heterocycles. The van der Waals surface area contributed by atoms with E-state index in [2.05, 4.69) is 9.24 Å². The highest BCUT2D eigenvalue weighted by Gasteiger charge is 2.02. The lowest BCUT2D eigenvalue weighted by Crippen LogP contribution is -2.37. The van der Waals surface area contributed by atoms with Crippen molar-refractivity contribution in [3.05, 3.63) is 27.7 Å². The van der Waals surface area contributed by atoms with Crippen molar-refractivity contribution in [1.82, 2.24) is 4.68 Å². The van der Waals surface area contributed by atoms with Gasteiger partial charge in [-0.25, -0.2) is 4.68 Å². The summed E-state index contributed by atoms with van der Waals surface area (Å²) in [6, 6.07) is 1.81. The summed E-state index contributed by atoms with van der Waals surface area (Å²) in [5.74, 6) is 5.47. The number of rotatable bonds is 0. The molecule has 0 spiro atoms. The van der Waals surface area contributed by atoms with E-state index in [0.29, 0.717) is 5.30 Å². The quantitative estimate of drug-likeness (QED) is 0.428. The second kappa shape index (κ2) is 2.67. The minimum absolute atomic E-state index is 0.155. The summed E-state index contributed by atoms with van der Waals surface area (Å²) < 4.78 is 1.16. The van der Waals surface area contributed by atoms with Crippen molar-refractivity contribution in [2.24, 2.45) is 0 Å². The molecular weight excluding hydrogens is 159 g/mol. The predicted octanol–water partition coefficient (Wildman–Crippen LogP) is -0.321. The highest BCUT2D eigenvalue weighted by atomic mass is 31.0. The zero-order valence-corrected chi connectivity index (χ0v) is 7.74. The summed E-state index contributed by atoms with van der Waals surface area (Å²) >= 11 is 0. The fourth-order valence-corrected chi connectivity index (χ4v) is 1.27. The molecule has 0 bridgehead atoms. The van der Waals surface area contributed by atoms with Gasteiger partial charge in [-0.05, 0) is 25.5 Å². The first-order valence-electron chi connectivity index (χ1n) is 3.28. The number of nitrogens with zero attached hydrogens (tertiary/aromatic N) is 1. The number of nitrogen functional groups attached to an aromatic ring is 1. The van der Waals surface area contributed by atoms with Gasteiger partial charge in [-0.3, -0.25) is 4.79 Å². The number of hydrogen-bond acceptors (Lipinski definition) is 2. The van der Waals surface area contributed by atoms with Gasteiger partial charge in [0, 0.05) is 11.0 Å². The molecule has 0 saturated carbocycles. The molecule has 1 aromatic heterocycles. The Morgan fingerprint density at radius 3 is 2.64 bits per heavy atom. The SMILES string of the molecule is Cc1cc(P)c(=O)n(N)c1C. The number of hydrogen-bond donors (Lipinski definition) is 1. The first kappa shape index (κ1) is 8.28. The van der Waals surface area contributed by atoms with E-state index in [1.54, 1.807) is 0 Å². The van der Waals surface area contributed by atoms with Crippen LogP contribution in [0.5, 0.6) is 0 Å². The molecule has 0 saturated heterocycles. The molecule has 11 heavy (non-hydrogen) atoms. The standard InChI is InChI=1S/C7H11N2OP/c1-4-3-6(11)7(10)9(8)5(4)2/h3H,8,11H2,1-2H3. The Labute approximate surface area is 67.4 Å². The average molecular weight is 170 g/mol. The van der Waals surface area contributed by atoms with Crippen molar-refractivity contribution in [2.75, 3.05) is 5.84 Å². The molecule has 1 rings (SSSR count). The lowest BCUT2D eigenvalue weighted by Gasteiger charge is -2.06. The third kappa shape index (κ3) is 1.29. The number of aromatic nitrogens is 1. The van der Waals surface area contributed by atoms with Crippen molar-refractivity contribution >= 4 is 14.5 Å². The van der Waals surface area contributed by atoms with Crippen LogP contribution in [0.3, 0.4) is 0 Å². The Balaban J connectivity index is 3.59. The molecular formula is C7H11N2OP. The predicted molar refractivity (Wildman–Crippen MR) is 49.7 cm³/mol. The van der Waals surface area contributed by atoms with Crippen LogP contribution in [0.25, 0.3) is 0 Å². The molecule has 0 fully saturated rings. The van der Waals surface area contributed by atoms with E-state index in [1.165, 1.54) is 0 Å². The number of nitrogens with two attached hydrogens (primary N) is 1. The Hall–Kier alpha value is -0.820. The largest absolute Gasteiger partial charge is 0.336 e. The Morgan fingerprint density at radius 2 is 2.09 bits per heavy atom. The van der Waals surface area contributed by atoms with Crippen molar-refractivity contribution in [2.45, 2.75) is 13.8 Å². The zero-order chi connectivity index (χ0) is 8.59. The van der Waals surface area contributed by atoms with E-state index in [1.807, 2.05) is 19.9 Å². The fourth-order valence-electron chi connectivity index (χ4n) is 0.881. The normalized spacial score (nSPS) is 10.1. The molecule has 60 valence electrons. The minimum atomic E-state index is -0.155. The number of aryl methyl sites for hydroxylation is 1. The summed E-state index contributed by atoms with van der Waals surface area (Å²) in [4.78, 5) is 11.2. The lowest BCUT2D eigenvalue weighted by atomic mass is 10.2. The molecule has 2 N–H and O–H groups in total. The van der Waals surface area contributed by atoms with E-state index in [9.17, 15) is 4.79 Å². The van der Waals surface area contributed by atoms with Gasteiger partial charge in [0.15, 0.2) is 0 Å². The van der Waals surface area contributed by atoms with Crippen molar-refractivity contribution in [1.29, 1.82) is 0 Å². The van der Waals surface area contributed by atoms with Gasteiger partial charge in [0.2, 0.25) is 0 Å². The van der Waals surface area contributed by atoms with Crippen molar-refractivity contribution < 1.29 is 0 Å². The summed E-state index contributed by atoms with van der Waals surface area (Å²) in [6.07, 6.45) is 0. The second-order valence-corrected chi connectivity index (χ2v) is 3.17. The van der Waals surface area contributed by atoms with Gasteiger partial charge in [0.1, 0.15) is 0 Å². The van der Waals surface area contributed by atoms with Gasteiger partial charge in [-0.1, -0.05) is 9.24 Å². The van der Waals surface area contributed by atoms with Crippen LogP contribution in [-0.4, -0.2) is 4.68 Å². The maximum Gasteiger partial charge on any atom is 0.276 e. The summed E-state index contributed by atoms with van der Waals surface area (Å²) in [5, 5.41) is 0.607. The van der Waals surface area contributed by atoms with Crippen LogP contribution in [0.4, 0.5) is 0 Å². The third-order valence-electron chi connectivity index (χ3n) is 1.77. The first-order chi connectivity index (χ1) is 5.04. The van der Waals surface area contributed by atoms with Crippen LogP contribution in [0, 0.1) is 13.8 Å². The molecule has 0 radical (unpaired) electrons. The van der Waals surface area contributed by atoms with E-state index >= 15 is 0 Å². The maximum absolute atomic E-state index is 11.2. The smallest absolute Gasteiger partial charge is 0.276 e. The lowest BCUT2D eigenvalue weighted by molar-refractivity contribution is 0.882. The van der Waals surface area contributed by atoms with E-state index in [-0.39, 0.29) is 5.56 Å². The van der Waals surface area contributed by atoms with Crippen LogP contribution < -0.4 is 16.7 Å². The molecule has 0 aliphatic carbocycles. The van der Waals surface area contributed by atoms with Gasteiger partial charge >= 0.3 is 0 Å². The van der Waals surface area contributed by atoms with Crippen LogP contribution in [0.2, 0.25) is 0 Å². The van der Waals surface area contributed by atoms with Gasteiger partial charge in [-0.2, -0.15) is 0 Å². The van der Waals surface area contributed by atoms with Gasteiger partial charge in [0.25, 0.3) is 5.56 Å². The summed E-state index contributed by atoms with van der Waals surface area (Å²) in [5.41, 5.74) is 1.68. The van der Waals surface area contributed by atoms with E-state index in [0.717, 1.165) is 15.9 Å². The Kier molecular flexibility index (Phi) is 2.01. The van der Waals surface area contributed by atoms with Crippen LogP contribution in [0.1, 0.15) is 11.3 Å². The molecule has 1 unspecified atom stereocenters. The highest BCUT2D eigenvalue weighted by Crippen LogP contribution is 1.99. The monoisotopic (exact) mass is 170 g/mol. The fraction of sp³-hybridized carbons (Fsp3) is 0.286. The molecule has 3 nitrogen and oxygen atoms in total. The zero-order valence-electron chi connectivity index (χ0n) is 6.59. The van der Waals surface area contributed by atoms with E-state index < -0.39 is 0 Å². The number of pyridine rings is 1. The Bertz CT molecular complexity index is 343. The first-order valence-corrected chi connectivity index (χ1v) is 3.85. The third-order valence-corrected chi connectivity index (χ3v) is 2.18. The summed E-state index contributed by atoms with van der Waals surface area (Å²) in [6.45, 7) is 3.74. The molecule has 0 aliphatic rings. The molecule has 0 amide bonds. The van der Waals surface area contributed by atoms with Crippen LogP contribution in [0.15, 0.2) is 10.9 Å². The topological polar surface area (TPSA) is 48.0 Å². The van der Waals surface area contributed by atoms with Crippen molar-refractivity contribution in [3.8, 4) is 0 Å². The molecule has 1 heterocycles. The van der Waals surface area contributed by atoms with Gasteiger partial charge in [-0.15, -0.1) is 0 Å². The summed E-state index contributed by atoms with van der Waals surface area (Å²) in [7, 11) is 2.36. The average Bonchev–Trinajstić information content (AvgIpc) is 1.97. The van der Waals surface area contributed by atoms with Gasteiger partial charge < -0.3 is 5.84 Å². The molecule has 1 atom stereocenters. The molecule has 4 heteroatoms. The Morgan fingerprint density at radius 1 is 1.55 bits per heavy atom. The minimum Gasteiger partial charge on any atom is -0.336 e. The van der Waals surface area contributed by atoms with Crippen molar-refractivity contribution in [3.63, 3.8) is 0 Å². The van der Waals surface area contributed by atoms with Crippen LogP contribution >= 0.6 is 9.24 Å². The molecule has 1 aromatic rings. The van der Waals surface area contributed by atoms with Gasteiger partial charge in [0.05, 0.1) is 0 Å². The second-order valence-electron chi connectivity index (χ2n) is 2.54.